The molecule has 1 saturated carbocycles. The molecule has 1 aliphatic carbocycles. The van der Waals surface area contributed by atoms with Gasteiger partial charge < -0.3 is 5.73 Å². The van der Waals surface area contributed by atoms with Crippen LogP contribution in [0.15, 0.2) is 22.9 Å². The van der Waals surface area contributed by atoms with Gasteiger partial charge >= 0.3 is 0 Å². The summed E-state index contributed by atoms with van der Waals surface area (Å²) in [6.45, 7) is 0. The summed E-state index contributed by atoms with van der Waals surface area (Å²) in [4.78, 5) is 4.09. The molecular formula is C9H13BrCl2N2. The van der Waals surface area contributed by atoms with Gasteiger partial charge in [0.05, 0.1) is 0 Å². The molecule has 1 aliphatic rings. The zero-order valence-corrected chi connectivity index (χ0v) is 10.7. The molecule has 0 saturated heterocycles. The molecule has 1 aromatic rings. The molecule has 0 spiro atoms. The first-order chi connectivity index (χ1) is 5.77. The Bertz CT molecular complexity index is 292. The largest absolute Gasteiger partial charge is 0.324 e. The Labute approximate surface area is 105 Å². The molecule has 0 aromatic carbocycles. The highest BCUT2D eigenvalue weighted by molar-refractivity contribution is 9.10. The van der Waals surface area contributed by atoms with Gasteiger partial charge in [0.15, 0.2) is 0 Å². The van der Waals surface area contributed by atoms with E-state index in [4.69, 9.17) is 5.73 Å². The highest BCUT2D eigenvalue weighted by Crippen LogP contribution is 2.39. The van der Waals surface area contributed by atoms with E-state index in [-0.39, 0.29) is 30.9 Å². The maximum absolute atomic E-state index is 6.01. The summed E-state index contributed by atoms with van der Waals surface area (Å²) < 4.78 is 1.01. The molecule has 1 aromatic heterocycles. The second-order valence-electron chi connectivity index (χ2n) is 3.30. The van der Waals surface area contributed by atoms with Crippen molar-refractivity contribution in [1.29, 1.82) is 0 Å². The fraction of sp³-hybridized carbons (Fsp3) is 0.444. The minimum absolute atomic E-state index is 0. The molecule has 1 heterocycles. The maximum Gasteiger partial charge on any atom is 0.0410 e. The molecule has 2 N–H and O–H groups in total. The Balaban J connectivity index is 0.000000845. The maximum atomic E-state index is 6.01. The number of nitrogens with two attached hydrogens (primary N) is 1. The third-order valence-electron chi connectivity index (χ3n) is 2.24. The van der Waals surface area contributed by atoms with Gasteiger partial charge in [0, 0.05) is 22.9 Å². The van der Waals surface area contributed by atoms with Gasteiger partial charge in [0.2, 0.25) is 0 Å². The standard InChI is InChI=1S/C9H11BrN2.2ClH/c10-8-3-7(4-12-5-8)9(11)6-1-2-6;;/h3-6,9H,1-2,11H2;2*1H. The number of hydrogen-bond acceptors (Lipinski definition) is 2. The van der Waals surface area contributed by atoms with E-state index in [1.54, 1.807) is 6.20 Å². The van der Waals surface area contributed by atoms with Gasteiger partial charge in [-0.1, -0.05) is 0 Å². The highest BCUT2D eigenvalue weighted by Gasteiger charge is 2.29. The minimum Gasteiger partial charge on any atom is -0.324 e. The minimum atomic E-state index is 0. The molecule has 0 aliphatic heterocycles. The van der Waals surface area contributed by atoms with Crippen molar-refractivity contribution in [3.63, 3.8) is 0 Å². The van der Waals surface area contributed by atoms with Gasteiger partial charge in [-0.3, -0.25) is 4.98 Å². The van der Waals surface area contributed by atoms with Crippen LogP contribution in [0, 0.1) is 5.92 Å². The van der Waals surface area contributed by atoms with E-state index >= 15 is 0 Å². The van der Waals surface area contributed by atoms with Crippen LogP contribution in [0.25, 0.3) is 0 Å². The van der Waals surface area contributed by atoms with Gasteiger partial charge in [-0.2, -0.15) is 0 Å². The second kappa shape index (κ2) is 5.91. The van der Waals surface area contributed by atoms with Crippen molar-refractivity contribution in [2.45, 2.75) is 18.9 Å². The molecular weight excluding hydrogens is 287 g/mol. The Morgan fingerprint density at radius 3 is 2.50 bits per heavy atom. The molecule has 0 amide bonds. The average Bonchev–Trinajstić information content (AvgIpc) is 2.85. The van der Waals surface area contributed by atoms with Gasteiger partial charge in [-0.15, -0.1) is 24.8 Å². The number of hydrogen-bond donors (Lipinski definition) is 1. The fourth-order valence-corrected chi connectivity index (χ4v) is 1.72. The van der Waals surface area contributed by atoms with Crippen molar-refractivity contribution in [2.24, 2.45) is 11.7 Å². The van der Waals surface area contributed by atoms with Crippen molar-refractivity contribution in [2.75, 3.05) is 0 Å². The summed E-state index contributed by atoms with van der Waals surface area (Å²) in [5.41, 5.74) is 7.15. The summed E-state index contributed by atoms with van der Waals surface area (Å²) in [5.74, 6) is 0.695. The molecule has 80 valence electrons. The van der Waals surface area contributed by atoms with Gasteiger partial charge in [0.25, 0.3) is 0 Å². The summed E-state index contributed by atoms with van der Waals surface area (Å²) >= 11 is 3.38. The smallest absolute Gasteiger partial charge is 0.0410 e. The molecule has 14 heavy (non-hydrogen) atoms. The average molecular weight is 300 g/mol. The SMILES string of the molecule is Cl.Cl.NC(c1cncc(Br)c1)C1CC1. The number of rotatable bonds is 2. The zero-order valence-electron chi connectivity index (χ0n) is 7.52. The Kier molecular flexibility index (Phi) is 5.98. The molecule has 1 unspecified atom stereocenters. The molecule has 2 rings (SSSR count). The van der Waals surface area contributed by atoms with E-state index in [2.05, 4.69) is 27.0 Å². The van der Waals surface area contributed by atoms with Crippen LogP contribution < -0.4 is 5.73 Å². The van der Waals surface area contributed by atoms with Crippen LogP contribution in [-0.2, 0) is 0 Å². The van der Waals surface area contributed by atoms with E-state index in [1.807, 2.05) is 6.20 Å². The molecule has 5 heteroatoms. The third kappa shape index (κ3) is 3.39. The summed E-state index contributed by atoms with van der Waals surface area (Å²) in [6, 6.07) is 2.24. The van der Waals surface area contributed by atoms with Crippen molar-refractivity contribution >= 4 is 40.7 Å². The molecule has 1 fully saturated rings. The van der Waals surface area contributed by atoms with Crippen LogP contribution in [0.4, 0.5) is 0 Å². The van der Waals surface area contributed by atoms with Crippen LogP contribution in [0.1, 0.15) is 24.4 Å². The van der Waals surface area contributed by atoms with Crippen molar-refractivity contribution < 1.29 is 0 Å². The van der Waals surface area contributed by atoms with Crippen LogP contribution >= 0.6 is 40.7 Å². The summed E-state index contributed by atoms with van der Waals surface area (Å²) in [6.07, 6.45) is 6.18. The van der Waals surface area contributed by atoms with E-state index in [1.165, 1.54) is 12.8 Å². The first-order valence-electron chi connectivity index (χ1n) is 4.13. The lowest BCUT2D eigenvalue weighted by molar-refractivity contribution is 0.630. The first kappa shape index (κ1) is 14.2. The normalized spacial score (nSPS) is 16.4. The summed E-state index contributed by atoms with van der Waals surface area (Å²) in [5, 5.41) is 0. The van der Waals surface area contributed by atoms with E-state index in [0.717, 1.165) is 10.0 Å². The number of nitrogens with zero attached hydrogens (tertiary/aromatic N) is 1. The van der Waals surface area contributed by atoms with Crippen LogP contribution in [0.2, 0.25) is 0 Å². The number of pyridine rings is 1. The quantitative estimate of drug-likeness (QED) is 0.911. The Morgan fingerprint density at radius 1 is 1.36 bits per heavy atom. The molecule has 1 atom stereocenters. The van der Waals surface area contributed by atoms with Crippen LogP contribution in [-0.4, -0.2) is 4.98 Å². The second-order valence-corrected chi connectivity index (χ2v) is 4.22. The molecule has 0 bridgehead atoms. The van der Waals surface area contributed by atoms with Crippen LogP contribution in [0.5, 0.6) is 0 Å². The lowest BCUT2D eigenvalue weighted by Crippen LogP contribution is -2.12. The van der Waals surface area contributed by atoms with Crippen LogP contribution in [0.3, 0.4) is 0 Å². The molecule has 2 nitrogen and oxygen atoms in total. The van der Waals surface area contributed by atoms with Crippen molar-refractivity contribution in [1.82, 2.24) is 4.98 Å². The Morgan fingerprint density at radius 2 is 2.00 bits per heavy atom. The Hall–Kier alpha value is 0.170. The predicted molar refractivity (Wildman–Crippen MR) is 66.1 cm³/mol. The van der Waals surface area contributed by atoms with Gasteiger partial charge in [0.1, 0.15) is 0 Å². The van der Waals surface area contributed by atoms with Crippen molar-refractivity contribution in [3.05, 3.63) is 28.5 Å². The van der Waals surface area contributed by atoms with E-state index in [0.29, 0.717) is 5.92 Å². The monoisotopic (exact) mass is 298 g/mol. The third-order valence-corrected chi connectivity index (χ3v) is 2.67. The topological polar surface area (TPSA) is 38.9 Å². The fourth-order valence-electron chi connectivity index (χ4n) is 1.34. The van der Waals surface area contributed by atoms with Gasteiger partial charge in [-0.05, 0) is 46.3 Å². The number of aromatic nitrogens is 1. The lowest BCUT2D eigenvalue weighted by Gasteiger charge is -2.09. The van der Waals surface area contributed by atoms with E-state index < -0.39 is 0 Å². The number of halogens is 3. The lowest BCUT2D eigenvalue weighted by atomic mass is 10.1. The molecule has 0 radical (unpaired) electrons. The van der Waals surface area contributed by atoms with Gasteiger partial charge in [-0.25, -0.2) is 0 Å². The first-order valence-corrected chi connectivity index (χ1v) is 4.92. The summed E-state index contributed by atoms with van der Waals surface area (Å²) in [7, 11) is 0. The highest BCUT2D eigenvalue weighted by atomic mass is 79.9. The zero-order chi connectivity index (χ0) is 8.55. The predicted octanol–water partition coefficient (Wildman–Crippen LogP) is 3.10. The van der Waals surface area contributed by atoms with E-state index in [9.17, 15) is 0 Å². The van der Waals surface area contributed by atoms with Crippen molar-refractivity contribution in [3.8, 4) is 0 Å².